The van der Waals surface area contributed by atoms with Crippen LogP contribution in [0.3, 0.4) is 0 Å². The Bertz CT molecular complexity index is 701. The molecule has 1 aliphatic rings. The van der Waals surface area contributed by atoms with Crippen LogP contribution in [0.2, 0.25) is 0 Å². The van der Waals surface area contributed by atoms with Crippen molar-refractivity contribution in [1.29, 1.82) is 0 Å². The lowest BCUT2D eigenvalue weighted by atomic mass is 9.60. The predicted octanol–water partition coefficient (Wildman–Crippen LogP) is 2.00. The summed E-state index contributed by atoms with van der Waals surface area (Å²) in [7, 11) is 1.50. The van der Waals surface area contributed by atoms with Crippen LogP contribution in [-0.2, 0) is 14.3 Å². The van der Waals surface area contributed by atoms with Gasteiger partial charge in [0.05, 0.1) is 13.7 Å². The second-order valence-corrected chi connectivity index (χ2v) is 6.88. The van der Waals surface area contributed by atoms with Crippen LogP contribution >= 0.6 is 0 Å². The molecule has 0 heterocycles. The number of unbranched alkanes of at least 4 members (excludes halogenated alkanes) is 1. The van der Waals surface area contributed by atoms with Crippen LogP contribution < -0.4 is 10.5 Å². The summed E-state index contributed by atoms with van der Waals surface area (Å²) in [5.74, 6) is -2.13. The first-order valence-electron chi connectivity index (χ1n) is 9.22. The molecule has 7 nitrogen and oxygen atoms in total. The summed E-state index contributed by atoms with van der Waals surface area (Å²) in [6.07, 6.45) is 2.34. The van der Waals surface area contributed by atoms with Crippen molar-refractivity contribution in [1.82, 2.24) is 0 Å². The van der Waals surface area contributed by atoms with Crippen LogP contribution in [-0.4, -0.2) is 42.1 Å². The zero-order valence-electron chi connectivity index (χ0n) is 15.8. The molecule has 27 heavy (non-hydrogen) atoms. The summed E-state index contributed by atoms with van der Waals surface area (Å²) in [6, 6.07) is 6.12. The standard InChI is InChI=1S/C20H27NO6/c1-3-4-13-27-18(24)19(17(21)23)11-5-6-12-20(19,25)16(22)14-7-9-15(26-2)10-8-14/h7-10,25H,3-6,11-13H2,1-2H3,(H2,21,23). The van der Waals surface area contributed by atoms with Gasteiger partial charge in [0.25, 0.3) is 0 Å². The molecule has 7 heteroatoms. The van der Waals surface area contributed by atoms with Gasteiger partial charge in [-0.15, -0.1) is 0 Å². The molecule has 1 aromatic rings. The Balaban J connectivity index is 2.44. The van der Waals surface area contributed by atoms with Crippen LogP contribution in [0.25, 0.3) is 0 Å². The summed E-state index contributed by atoms with van der Waals surface area (Å²) in [5, 5.41) is 11.3. The number of ether oxygens (including phenoxy) is 2. The van der Waals surface area contributed by atoms with Gasteiger partial charge in [0.15, 0.2) is 16.8 Å². The van der Waals surface area contributed by atoms with Gasteiger partial charge in [0, 0.05) is 5.56 Å². The van der Waals surface area contributed by atoms with Crippen LogP contribution in [0.15, 0.2) is 24.3 Å². The van der Waals surface area contributed by atoms with E-state index in [0.717, 1.165) is 6.42 Å². The number of Topliss-reactive ketones (excluding diaryl/α,β-unsaturated/α-hetero) is 1. The normalized spacial score (nSPS) is 24.9. The van der Waals surface area contributed by atoms with Crippen LogP contribution in [0.1, 0.15) is 55.8 Å². The van der Waals surface area contributed by atoms with Gasteiger partial charge >= 0.3 is 5.97 Å². The molecule has 0 aromatic heterocycles. The molecule has 1 fully saturated rings. The second-order valence-electron chi connectivity index (χ2n) is 6.88. The smallest absolute Gasteiger partial charge is 0.325 e. The van der Waals surface area contributed by atoms with Crippen LogP contribution in [0.4, 0.5) is 0 Å². The van der Waals surface area contributed by atoms with E-state index >= 15 is 0 Å². The highest BCUT2D eigenvalue weighted by Crippen LogP contribution is 2.47. The molecule has 0 radical (unpaired) electrons. The first-order valence-corrected chi connectivity index (χ1v) is 9.22. The molecule has 1 saturated carbocycles. The van der Waals surface area contributed by atoms with Gasteiger partial charge in [0.1, 0.15) is 5.75 Å². The number of esters is 1. The van der Waals surface area contributed by atoms with Crippen molar-refractivity contribution in [2.45, 2.75) is 51.0 Å². The zero-order valence-corrected chi connectivity index (χ0v) is 15.8. The predicted molar refractivity (Wildman–Crippen MR) is 98.2 cm³/mol. The quantitative estimate of drug-likeness (QED) is 0.310. The Morgan fingerprint density at radius 1 is 1.15 bits per heavy atom. The van der Waals surface area contributed by atoms with E-state index in [0.29, 0.717) is 25.0 Å². The van der Waals surface area contributed by atoms with Gasteiger partial charge in [-0.1, -0.05) is 19.8 Å². The Labute approximate surface area is 158 Å². The third kappa shape index (κ3) is 3.69. The highest BCUT2D eigenvalue weighted by atomic mass is 16.5. The molecule has 3 N–H and O–H groups in total. The molecule has 1 amide bonds. The van der Waals surface area contributed by atoms with Gasteiger partial charge in [-0.3, -0.25) is 14.4 Å². The first kappa shape index (κ1) is 20.9. The van der Waals surface area contributed by atoms with Crippen LogP contribution in [0.5, 0.6) is 5.75 Å². The summed E-state index contributed by atoms with van der Waals surface area (Å²) in [6.45, 7) is 2.04. The maximum Gasteiger partial charge on any atom is 0.325 e. The molecule has 0 spiro atoms. The van der Waals surface area contributed by atoms with Gasteiger partial charge in [-0.2, -0.15) is 0 Å². The lowest BCUT2D eigenvalue weighted by Crippen LogP contribution is -2.66. The fourth-order valence-electron chi connectivity index (χ4n) is 3.61. The van der Waals surface area contributed by atoms with E-state index in [1.54, 1.807) is 12.1 Å². The maximum absolute atomic E-state index is 13.2. The lowest BCUT2D eigenvalue weighted by Gasteiger charge is -2.45. The molecule has 2 atom stereocenters. The number of methoxy groups -OCH3 is 1. The van der Waals surface area contributed by atoms with Crippen molar-refractivity contribution in [3.63, 3.8) is 0 Å². The van der Waals surface area contributed by atoms with Gasteiger partial charge in [-0.25, -0.2) is 0 Å². The van der Waals surface area contributed by atoms with Crippen molar-refractivity contribution in [3.8, 4) is 5.75 Å². The van der Waals surface area contributed by atoms with E-state index in [2.05, 4.69) is 0 Å². The van der Waals surface area contributed by atoms with Crippen molar-refractivity contribution in [3.05, 3.63) is 29.8 Å². The summed E-state index contributed by atoms with van der Waals surface area (Å²) in [4.78, 5) is 38.4. The Morgan fingerprint density at radius 3 is 2.33 bits per heavy atom. The first-order chi connectivity index (χ1) is 12.8. The lowest BCUT2D eigenvalue weighted by molar-refractivity contribution is -0.180. The summed E-state index contributed by atoms with van der Waals surface area (Å²) in [5.41, 5.74) is 1.42. The molecular formula is C20H27NO6. The summed E-state index contributed by atoms with van der Waals surface area (Å²) < 4.78 is 10.3. The highest BCUT2D eigenvalue weighted by Gasteiger charge is 2.65. The Morgan fingerprint density at radius 2 is 1.78 bits per heavy atom. The SMILES string of the molecule is CCCCOC(=O)C1(C(N)=O)CCCCC1(O)C(=O)c1ccc(OC)cc1. The molecule has 0 bridgehead atoms. The molecule has 0 aliphatic heterocycles. The Hall–Kier alpha value is -2.41. The average molecular weight is 377 g/mol. The van der Waals surface area contributed by atoms with E-state index in [9.17, 15) is 19.5 Å². The zero-order chi connectivity index (χ0) is 20.1. The number of benzene rings is 1. The van der Waals surface area contributed by atoms with E-state index in [-0.39, 0.29) is 25.0 Å². The third-order valence-electron chi connectivity index (χ3n) is 5.27. The number of carbonyl (C=O) groups is 3. The fraction of sp³-hybridized carbons (Fsp3) is 0.550. The van der Waals surface area contributed by atoms with Gasteiger partial charge in [0.2, 0.25) is 5.91 Å². The van der Waals surface area contributed by atoms with E-state index in [1.807, 2.05) is 6.92 Å². The number of hydrogen-bond donors (Lipinski definition) is 2. The third-order valence-corrected chi connectivity index (χ3v) is 5.27. The van der Waals surface area contributed by atoms with Crippen LogP contribution in [0, 0.1) is 5.41 Å². The molecule has 1 aliphatic carbocycles. The van der Waals surface area contributed by atoms with Gasteiger partial charge < -0.3 is 20.3 Å². The molecule has 148 valence electrons. The largest absolute Gasteiger partial charge is 0.497 e. The second kappa shape index (κ2) is 8.52. The van der Waals surface area contributed by atoms with Crippen molar-refractivity contribution in [2.75, 3.05) is 13.7 Å². The minimum Gasteiger partial charge on any atom is -0.497 e. The number of ketones is 1. The van der Waals surface area contributed by atoms with E-state index in [4.69, 9.17) is 15.2 Å². The molecule has 2 rings (SSSR count). The number of amides is 1. The number of hydrogen-bond acceptors (Lipinski definition) is 6. The number of primary amides is 1. The monoisotopic (exact) mass is 377 g/mol. The molecule has 2 unspecified atom stereocenters. The van der Waals surface area contributed by atoms with Gasteiger partial charge in [-0.05, 0) is 49.9 Å². The van der Waals surface area contributed by atoms with Crippen molar-refractivity contribution >= 4 is 17.7 Å². The van der Waals surface area contributed by atoms with Crippen molar-refractivity contribution in [2.24, 2.45) is 11.1 Å². The topological polar surface area (TPSA) is 116 Å². The number of carbonyl (C=O) groups excluding carboxylic acids is 3. The molecule has 0 saturated heterocycles. The average Bonchev–Trinajstić information content (AvgIpc) is 2.67. The van der Waals surface area contributed by atoms with E-state index < -0.39 is 28.7 Å². The number of rotatable bonds is 8. The fourth-order valence-corrected chi connectivity index (χ4v) is 3.61. The maximum atomic E-state index is 13.2. The van der Waals surface area contributed by atoms with Crippen molar-refractivity contribution < 1.29 is 29.0 Å². The summed E-state index contributed by atoms with van der Waals surface area (Å²) >= 11 is 0. The number of nitrogens with two attached hydrogens (primary N) is 1. The van der Waals surface area contributed by atoms with E-state index in [1.165, 1.54) is 19.2 Å². The number of aliphatic hydroxyl groups is 1. The minimum atomic E-state index is -2.24. The molecule has 1 aromatic carbocycles. The minimum absolute atomic E-state index is 0.0221. The molecular weight excluding hydrogens is 350 g/mol. The highest BCUT2D eigenvalue weighted by molar-refractivity contribution is 6.14. The Kier molecular flexibility index (Phi) is 6.59.